The van der Waals surface area contributed by atoms with Crippen LogP contribution in [0.3, 0.4) is 0 Å². The molecule has 90 valence electrons. The quantitative estimate of drug-likeness (QED) is 0.741. The van der Waals surface area contributed by atoms with Gasteiger partial charge in [0.2, 0.25) is 11.8 Å². The average molecular weight is 240 g/mol. The molecule has 2 heterocycles. The monoisotopic (exact) mass is 240 g/mol. The van der Waals surface area contributed by atoms with Crippen LogP contribution >= 0.6 is 0 Å². The third-order valence-corrected chi connectivity index (χ3v) is 2.72. The summed E-state index contributed by atoms with van der Waals surface area (Å²) in [6, 6.07) is 9.81. The lowest BCUT2D eigenvalue weighted by Gasteiger charge is -2.03. The molecule has 0 aliphatic rings. The van der Waals surface area contributed by atoms with E-state index in [1.807, 2.05) is 37.3 Å². The van der Waals surface area contributed by atoms with E-state index in [0.29, 0.717) is 11.8 Å². The van der Waals surface area contributed by atoms with Crippen LogP contribution in [0.15, 0.2) is 34.7 Å². The van der Waals surface area contributed by atoms with Gasteiger partial charge in [-0.15, -0.1) is 10.2 Å². The molecule has 0 saturated heterocycles. The molecule has 0 spiro atoms. The minimum Gasteiger partial charge on any atom is -0.419 e. The lowest BCUT2D eigenvalue weighted by atomic mass is 10.1. The summed E-state index contributed by atoms with van der Waals surface area (Å²) in [5, 5.41) is 8.91. The van der Waals surface area contributed by atoms with Crippen LogP contribution in [-0.4, -0.2) is 15.2 Å². The molecular formula is C13H12N4O. The Morgan fingerprint density at radius 1 is 1.22 bits per heavy atom. The Hall–Kier alpha value is -2.27. The molecule has 1 aromatic carbocycles. The first-order valence-corrected chi connectivity index (χ1v) is 5.67. The van der Waals surface area contributed by atoms with E-state index in [-0.39, 0.29) is 6.54 Å². The molecule has 0 unspecified atom stereocenters. The first kappa shape index (κ1) is 10.9. The molecule has 2 N–H and O–H groups in total. The van der Waals surface area contributed by atoms with Gasteiger partial charge >= 0.3 is 0 Å². The predicted molar refractivity (Wildman–Crippen MR) is 67.7 cm³/mol. The Bertz CT molecular complexity index is 705. The number of benzene rings is 1. The van der Waals surface area contributed by atoms with Crippen molar-refractivity contribution in [3.8, 4) is 11.5 Å². The highest BCUT2D eigenvalue weighted by Crippen LogP contribution is 2.27. The van der Waals surface area contributed by atoms with Gasteiger partial charge in [0.05, 0.1) is 12.1 Å². The number of fused-ring (bicyclic) bond motifs is 1. The maximum absolute atomic E-state index is 5.51. The van der Waals surface area contributed by atoms with Crippen molar-refractivity contribution in [2.75, 3.05) is 0 Å². The summed E-state index contributed by atoms with van der Waals surface area (Å²) in [6.07, 6.45) is 0. The van der Waals surface area contributed by atoms with Crippen LogP contribution < -0.4 is 5.73 Å². The van der Waals surface area contributed by atoms with Crippen molar-refractivity contribution < 1.29 is 4.42 Å². The summed E-state index contributed by atoms with van der Waals surface area (Å²) in [7, 11) is 0. The van der Waals surface area contributed by atoms with Crippen LogP contribution in [0.25, 0.3) is 22.4 Å². The van der Waals surface area contributed by atoms with E-state index >= 15 is 0 Å². The molecule has 3 aromatic rings. The van der Waals surface area contributed by atoms with E-state index < -0.39 is 0 Å². The lowest BCUT2D eigenvalue weighted by Crippen LogP contribution is -1.95. The van der Waals surface area contributed by atoms with Gasteiger partial charge in [-0.1, -0.05) is 18.2 Å². The first-order valence-electron chi connectivity index (χ1n) is 5.67. The number of aryl methyl sites for hydroxylation is 1. The molecule has 18 heavy (non-hydrogen) atoms. The van der Waals surface area contributed by atoms with Crippen molar-refractivity contribution in [3.05, 3.63) is 41.9 Å². The number of pyridine rings is 1. The zero-order valence-corrected chi connectivity index (χ0v) is 9.92. The fourth-order valence-electron chi connectivity index (χ4n) is 1.93. The van der Waals surface area contributed by atoms with Crippen LogP contribution in [0.5, 0.6) is 0 Å². The number of hydrogen-bond donors (Lipinski definition) is 1. The number of nitrogens with zero attached hydrogens (tertiary/aromatic N) is 3. The zero-order valence-electron chi connectivity index (χ0n) is 9.92. The Kier molecular flexibility index (Phi) is 2.53. The van der Waals surface area contributed by atoms with Crippen molar-refractivity contribution in [1.29, 1.82) is 0 Å². The second-order valence-corrected chi connectivity index (χ2v) is 4.03. The number of para-hydroxylation sites is 1. The Balaban J connectivity index is 2.27. The maximum atomic E-state index is 5.51. The van der Waals surface area contributed by atoms with Gasteiger partial charge in [-0.05, 0) is 19.1 Å². The fourth-order valence-corrected chi connectivity index (χ4v) is 1.93. The van der Waals surface area contributed by atoms with Gasteiger partial charge in [0.25, 0.3) is 0 Å². The van der Waals surface area contributed by atoms with Crippen molar-refractivity contribution in [2.24, 2.45) is 5.73 Å². The minimum atomic E-state index is 0.245. The van der Waals surface area contributed by atoms with Gasteiger partial charge in [0.1, 0.15) is 0 Å². The smallest absolute Gasteiger partial charge is 0.248 e. The highest BCUT2D eigenvalue weighted by Gasteiger charge is 2.12. The molecule has 5 heteroatoms. The van der Waals surface area contributed by atoms with E-state index in [4.69, 9.17) is 10.2 Å². The first-order chi connectivity index (χ1) is 8.78. The maximum Gasteiger partial charge on any atom is 0.248 e. The summed E-state index contributed by atoms with van der Waals surface area (Å²) in [5.41, 5.74) is 8.20. The highest BCUT2D eigenvalue weighted by atomic mass is 16.4. The van der Waals surface area contributed by atoms with Crippen LogP contribution in [-0.2, 0) is 6.54 Å². The molecule has 0 amide bonds. The van der Waals surface area contributed by atoms with Gasteiger partial charge in [0, 0.05) is 16.6 Å². The van der Waals surface area contributed by atoms with Crippen molar-refractivity contribution in [1.82, 2.24) is 15.2 Å². The molecular weight excluding hydrogens is 228 g/mol. The standard InChI is InChI=1S/C13H12N4O/c1-8-6-10(13-17-16-12(7-14)18-13)9-4-2-3-5-11(9)15-8/h2-6H,7,14H2,1H3. The summed E-state index contributed by atoms with van der Waals surface area (Å²) in [6.45, 7) is 2.19. The number of nitrogens with two attached hydrogens (primary N) is 1. The highest BCUT2D eigenvalue weighted by molar-refractivity contribution is 5.92. The summed E-state index contributed by atoms with van der Waals surface area (Å²) in [5.74, 6) is 0.917. The van der Waals surface area contributed by atoms with Crippen molar-refractivity contribution in [2.45, 2.75) is 13.5 Å². The fraction of sp³-hybridized carbons (Fsp3) is 0.154. The number of hydrogen-bond acceptors (Lipinski definition) is 5. The lowest BCUT2D eigenvalue weighted by molar-refractivity contribution is 0.509. The molecule has 0 radical (unpaired) electrons. The normalized spacial score (nSPS) is 11.0. The number of aromatic nitrogens is 3. The van der Waals surface area contributed by atoms with Crippen LogP contribution in [0.4, 0.5) is 0 Å². The van der Waals surface area contributed by atoms with Crippen LogP contribution in [0.2, 0.25) is 0 Å². The largest absolute Gasteiger partial charge is 0.419 e. The van der Waals surface area contributed by atoms with Gasteiger partial charge in [0.15, 0.2) is 0 Å². The summed E-state index contributed by atoms with van der Waals surface area (Å²) >= 11 is 0. The SMILES string of the molecule is Cc1cc(-c2nnc(CN)o2)c2ccccc2n1. The van der Waals surface area contributed by atoms with E-state index in [1.54, 1.807) is 0 Å². The molecule has 0 aliphatic carbocycles. The average Bonchev–Trinajstić information content (AvgIpc) is 2.86. The Labute approximate surface area is 104 Å². The van der Waals surface area contributed by atoms with Crippen molar-refractivity contribution in [3.63, 3.8) is 0 Å². The topological polar surface area (TPSA) is 77.8 Å². The minimum absolute atomic E-state index is 0.245. The van der Waals surface area contributed by atoms with E-state index in [0.717, 1.165) is 22.2 Å². The van der Waals surface area contributed by atoms with Gasteiger partial charge in [-0.25, -0.2) is 0 Å². The van der Waals surface area contributed by atoms with E-state index in [2.05, 4.69) is 15.2 Å². The molecule has 0 fully saturated rings. The van der Waals surface area contributed by atoms with Crippen molar-refractivity contribution >= 4 is 10.9 Å². The molecule has 0 saturated carbocycles. The molecule has 3 rings (SSSR count). The third-order valence-electron chi connectivity index (χ3n) is 2.72. The second-order valence-electron chi connectivity index (χ2n) is 4.03. The van der Waals surface area contributed by atoms with Gasteiger partial charge < -0.3 is 10.2 Å². The zero-order chi connectivity index (χ0) is 12.5. The Morgan fingerprint density at radius 2 is 2.06 bits per heavy atom. The van der Waals surface area contributed by atoms with E-state index in [9.17, 15) is 0 Å². The molecule has 2 aromatic heterocycles. The second kappa shape index (κ2) is 4.19. The van der Waals surface area contributed by atoms with Gasteiger partial charge in [-0.2, -0.15) is 0 Å². The van der Waals surface area contributed by atoms with E-state index in [1.165, 1.54) is 0 Å². The number of rotatable bonds is 2. The summed E-state index contributed by atoms with van der Waals surface area (Å²) in [4.78, 5) is 4.47. The van der Waals surface area contributed by atoms with Gasteiger partial charge in [-0.3, -0.25) is 4.98 Å². The molecule has 0 atom stereocenters. The molecule has 5 nitrogen and oxygen atoms in total. The summed E-state index contributed by atoms with van der Waals surface area (Å²) < 4.78 is 5.51. The Morgan fingerprint density at radius 3 is 2.83 bits per heavy atom. The molecule has 0 aliphatic heterocycles. The van der Waals surface area contributed by atoms with Crippen LogP contribution in [0.1, 0.15) is 11.6 Å². The third kappa shape index (κ3) is 1.74. The van der Waals surface area contributed by atoms with Crippen LogP contribution in [0, 0.1) is 6.92 Å². The predicted octanol–water partition coefficient (Wildman–Crippen LogP) is 2.05. The molecule has 0 bridgehead atoms.